The van der Waals surface area contributed by atoms with E-state index in [0.717, 1.165) is 43.2 Å². The second kappa shape index (κ2) is 6.17. The average Bonchev–Trinajstić information content (AvgIpc) is 2.39. The van der Waals surface area contributed by atoms with Crippen LogP contribution < -0.4 is 10.1 Å². The van der Waals surface area contributed by atoms with Gasteiger partial charge in [0.1, 0.15) is 5.75 Å². The second-order valence-electron chi connectivity index (χ2n) is 4.85. The number of carbonyl (C=O) groups is 1. The van der Waals surface area contributed by atoms with Crippen LogP contribution in [0.2, 0.25) is 0 Å². The summed E-state index contributed by atoms with van der Waals surface area (Å²) in [6.07, 6.45) is 0.0346. The van der Waals surface area contributed by atoms with Gasteiger partial charge in [0.05, 0.1) is 18.2 Å². The Morgan fingerprint density at radius 1 is 1.38 bits per heavy atom. The molecule has 0 aromatic heterocycles. The van der Waals surface area contributed by atoms with Gasteiger partial charge in [0.2, 0.25) is 0 Å². The number of hydrogen-bond donors (Lipinski definition) is 1. The molecule has 1 fully saturated rings. The normalized spacial score (nSPS) is 15.5. The van der Waals surface area contributed by atoms with Gasteiger partial charge in [-0.25, -0.2) is 0 Å². The third kappa shape index (κ3) is 3.45. The van der Waals surface area contributed by atoms with E-state index in [0.29, 0.717) is 0 Å². The lowest BCUT2D eigenvalue weighted by Crippen LogP contribution is -2.39. The number of ether oxygens (including phenoxy) is 1. The van der Waals surface area contributed by atoms with Gasteiger partial charge in [-0.1, -0.05) is 0 Å². The topological polar surface area (TPSA) is 38.3 Å². The first kappa shape index (κ1) is 16.0. The number of benzene rings is 1. The van der Waals surface area contributed by atoms with Gasteiger partial charge in [-0.15, -0.1) is 11.8 Å². The minimum absolute atomic E-state index is 0.0500. The Morgan fingerprint density at radius 2 is 2.05 bits per heavy atom. The molecule has 0 saturated heterocycles. The SMILES string of the molecule is COc1cc(C(F)(F)F)cc(SC)c1C(=O)NC1CCC1. The molecule has 0 aliphatic heterocycles. The molecule has 1 aliphatic rings. The Balaban J connectivity index is 2.40. The lowest BCUT2D eigenvalue weighted by molar-refractivity contribution is -0.137. The van der Waals surface area contributed by atoms with Crippen molar-refractivity contribution < 1.29 is 22.7 Å². The van der Waals surface area contributed by atoms with E-state index in [-0.39, 0.29) is 28.2 Å². The van der Waals surface area contributed by atoms with Gasteiger partial charge in [0.25, 0.3) is 5.91 Å². The van der Waals surface area contributed by atoms with E-state index in [2.05, 4.69) is 5.32 Å². The van der Waals surface area contributed by atoms with Gasteiger partial charge in [-0.3, -0.25) is 4.79 Å². The number of methoxy groups -OCH3 is 1. The van der Waals surface area contributed by atoms with Crippen LogP contribution in [0.1, 0.15) is 35.2 Å². The van der Waals surface area contributed by atoms with Crippen LogP contribution in [0.25, 0.3) is 0 Å². The zero-order valence-corrected chi connectivity index (χ0v) is 12.5. The van der Waals surface area contributed by atoms with E-state index in [1.54, 1.807) is 6.26 Å². The van der Waals surface area contributed by atoms with Crippen molar-refractivity contribution in [1.29, 1.82) is 0 Å². The van der Waals surface area contributed by atoms with Crippen molar-refractivity contribution in [1.82, 2.24) is 5.32 Å². The number of carbonyl (C=O) groups excluding carboxylic acids is 1. The van der Waals surface area contributed by atoms with Gasteiger partial charge in [-0.05, 0) is 37.7 Å². The Kier molecular flexibility index (Phi) is 4.70. The molecule has 3 nitrogen and oxygen atoms in total. The number of rotatable bonds is 4. The van der Waals surface area contributed by atoms with Crippen LogP contribution in [0.3, 0.4) is 0 Å². The number of amides is 1. The second-order valence-corrected chi connectivity index (χ2v) is 5.70. The van der Waals surface area contributed by atoms with Crippen molar-refractivity contribution in [3.05, 3.63) is 23.3 Å². The molecule has 0 bridgehead atoms. The maximum absolute atomic E-state index is 12.9. The van der Waals surface area contributed by atoms with Gasteiger partial charge in [-0.2, -0.15) is 13.2 Å². The van der Waals surface area contributed by atoms with Gasteiger partial charge in [0, 0.05) is 10.9 Å². The standard InChI is InChI=1S/C14H16F3NO2S/c1-20-10-6-8(14(15,16)17)7-11(21-2)12(10)13(19)18-9-4-3-5-9/h6-7,9H,3-5H2,1-2H3,(H,18,19). The monoisotopic (exact) mass is 319 g/mol. The molecule has 0 radical (unpaired) electrons. The average molecular weight is 319 g/mol. The van der Waals surface area contributed by atoms with Crippen molar-refractivity contribution in [2.24, 2.45) is 0 Å². The zero-order chi connectivity index (χ0) is 15.6. The van der Waals surface area contributed by atoms with E-state index in [4.69, 9.17) is 4.74 Å². The number of alkyl halides is 3. The molecular weight excluding hydrogens is 303 g/mol. The van der Waals surface area contributed by atoms with E-state index < -0.39 is 11.7 Å². The summed E-state index contributed by atoms with van der Waals surface area (Å²) in [4.78, 5) is 12.5. The summed E-state index contributed by atoms with van der Waals surface area (Å²) >= 11 is 1.10. The van der Waals surface area contributed by atoms with Crippen LogP contribution in [-0.2, 0) is 6.18 Å². The first-order valence-corrected chi connectivity index (χ1v) is 7.73. The minimum Gasteiger partial charge on any atom is -0.496 e. The van der Waals surface area contributed by atoms with Crippen molar-refractivity contribution >= 4 is 17.7 Å². The van der Waals surface area contributed by atoms with Crippen LogP contribution in [0.4, 0.5) is 13.2 Å². The Hall–Kier alpha value is -1.37. The maximum atomic E-state index is 12.9. The molecule has 1 amide bonds. The number of hydrogen-bond acceptors (Lipinski definition) is 3. The molecule has 1 aliphatic carbocycles. The van der Waals surface area contributed by atoms with Crippen molar-refractivity contribution in [2.75, 3.05) is 13.4 Å². The summed E-state index contributed by atoms with van der Waals surface area (Å²) in [6.45, 7) is 0. The van der Waals surface area contributed by atoms with Crippen molar-refractivity contribution in [2.45, 2.75) is 36.4 Å². The fraction of sp³-hybridized carbons (Fsp3) is 0.500. The minimum atomic E-state index is -4.47. The van der Waals surface area contributed by atoms with Gasteiger partial charge >= 0.3 is 6.18 Å². The fourth-order valence-corrected chi connectivity index (χ4v) is 2.75. The predicted molar refractivity (Wildman–Crippen MR) is 74.9 cm³/mol. The lowest BCUT2D eigenvalue weighted by Gasteiger charge is -2.27. The molecule has 7 heteroatoms. The lowest BCUT2D eigenvalue weighted by atomic mass is 9.93. The van der Waals surface area contributed by atoms with Crippen LogP contribution >= 0.6 is 11.8 Å². The quantitative estimate of drug-likeness (QED) is 0.860. The number of halogens is 3. The molecule has 0 spiro atoms. The highest BCUT2D eigenvalue weighted by molar-refractivity contribution is 7.98. The largest absolute Gasteiger partial charge is 0.496 e. The molecule has 21 heavy (non-hydrogen) atoms. The van der Waals surface area contributed by atoms with Crippen LogP contribution in [0.5, 0.6) is 5.75 Å². The van der Waals surface area contributed by atoms with E-state index in [1.807, 2.05) is 0 Å². The number of thioether (sulfide) groups is 1. The Labute approximate surface area is 125 Å². The fourth-order valence-electron chi connectivity index (χ4n) is 2.11. The van der Waals surface area contributed by atoms with E-state index in [9.17, 15) is 18.0 Å². The van der Waals surface area contributed by atoms with Crippen molar-refractivity contribution in [3.63, 3.8) is 0 Å². The molecule has 2 rings (SSSR count). The van der Waals surface area contributed by atoms with E-state index in [1.165, 1.54) is 7.11 Å². The smallest absolute Gasteiger partial charge is 0.416 e. The molecule has 1 aromatic rings. The molecule has 0 atom stereocenters. The highest BCUT2D eigenvalue weighted by Crippen LogP contribution is 2.38. The van der Waals surface area contributed by atoms with Crippen LogP contribution in [0, 0.1) is 0 Å². The third-order valence-corrected chi connectivity index (χ3v) is 4.26. The molecule has 0 heterocycles. The molecule has 1 saturated carbocycles. The summed E-state index contributed by atoms with van der Waals surface area (Å²) in [6, 6.07) is 1.97. The summed E-state index contributed by atoms with van der Waals surface area (Å²) in [5, 5.41) is 2.83. The Bertz CT molecular complexity index is 517. The summed E-state index contributed by atoms with van der Waals surface area (Å²) in [7, 11) is 1.26. The van der Waals surface area contributed by atoms with Crippen LogP contribution in [0.15, 0.2) is 17.0 Å². The molecular formula is C14H16F3NO2S. The molecule has 1 N–H and O–H groups in total. The molecule has 0 unspecified atom stereocenters. The maximum Gasteiger partial charge on any atom is 0.416 e. The number of nitrogens with one attached hydrogen (secondary N) is 1. The summed E-state index contributed by atoms with van der Waals surface area (Å²) in [5.41, 5.74) is -0.645. The molecule has 1 aromatic carbocycles. The summed E-state index contributed by atoms with van der Waals surface area (Å²) < 4.78 is 43.6. The van der Waals surface area contributed by atoms with E-state index >= 15 is 0 Å². The van der Waals surface area contributed by atoms with Gasteiger partial charge in [0.15, 0.2) is 0 Å². The van der Waals surface area contributed by atoms with Gasteiger partial charge < -0.3 is 10.1 Å². The zero-order valence-electron chi connectivity index (χ0n) is 11.7. The first-order chi connectivity index (χ1) is 9.86. The highest BCUT2D eigenvalue weighted by Gasteiger charge is 2.34. The third-order valence-electron chi connectivity index (χ3n) is 3.50. The Morgan fingerprint density at radius 3 is 2.48 bits per heavy atom. The van der Waals surface area contributed by atoms with Crippen molar-refractivity contribution in [3.8, 4) is 5.75 Å². The molecule has 116 valence electrons. The summed E-state index contributed by atoms with van der Waals surface area (Å²) in [5.74, 6) is -0.430. The highest BCUT2D eigenvalue weighted by atomic mass is 32.2. The van der Waals surface area contributed by atoms with Crippen LogP contribution in [-0.4, -0.2) is 25.3 Å². The predicted octanol–water partition coefficient (Wildman–Crippen LogP) is 3.72. The first-order valence-electron chi connectivity index (χ1n) is 6.51.